The number of amides is 1. The third kappa shape index (κ3) is 3.67. The van der Waals surface area contributed by atoms with Crippen LogP contribution < -0.4 is 17.0 Å². The van der Waals surface area contributed by atoms with E-state index in [9.17, 15) is 4.79 Å². The first-order valence-corrected chi connectivity index (χ1v) is 5.78. The molecule has 0 aliphatic carbocycles. The van der Waals surface area contributed by atoms with Gasteiger partial charge in [-0.05, 0) is 0 Å². The van der Waals surface area contributed by atoms with Crippen molar-refractivity contribution in [3.63, 3.8) is 0 Å². The van der Waals surface area contributed by atoms with Gasteiger partial charge in [0.15, 0.2) is 0 Å². The Hall–Kier alpha value is -1.34. The SMILES string of the molecule is CC(C)c1nc(N)cc(SCC(=O)NN)n1. The Bertz CT molecular complexity index is 382. The van der Waals surface area contributed by atoms with Gasteiger partial charge in [0.05, 0.1) is 5.75 Å². The second kappa shape index (κ2) is 5.66. The number of nitrogen functional groups attached to an aromatic ring is 1. The summed E-state index contributed by atoms with van der Waals surface area (Å²) >= 11 is 1.28. The van der Waals surface area contributed by atoms with Gasteiger partial charge in [-0.2, -0.15) is 0 Å². The fourth-order valence-electron chi connectivity index (χ4n) is 0.975. The zero-order valence-electron chi connectivity index (χ0n) is 9.23. The third-order valence-corrected chi connectivity index (χ3v) is 2.68. The van der Waals surface area contributed by atoms with E-state index in [2.05, 4.69) is 15.4 Å². The van der Waals surface area contributed by atoms with Gasteiger partial charge in [-0.15, -0.1) is 0 Å². The number of nitrogens with one attached hydrogen (secondary N) is 1. The first kappa shape index (κ1) is 12.7. The summed E-state index contributed by atoms with van der Waals surface area (Å²) in [5.41, 5.74) is 7.70. The fourth-order valence-corrected chi connectivity index (χ4v) is 1.70. The summed E-state index contributed by atoms with van der Waals surface area (Å²) in [6, 6.07) is 1.64. The lowest BCUT2D eigenvalue weighted by Crippen LogP contribution is -2.31. The highest BCUT2D eigenvalue weighted by Gasteiger charge is 2.08. The molecule has 1 rings (SSSR count). The van der Waals surface area contributed by atoms with E-state index in [4.69, 9.17) is 11.6 Å². The topological polar surface area (TPSA) is 107 Å². The molecule has 0 saturated heterocycles. The molecule has 5 N–H and O–H groups in total. The van der Waals surface area contributed by atoms with E-state index in [1.807, 2.05) is 13.8 Å². The maximum absolute atomic E-state index is 11.0. The van der Waals surface area contributed by atoms with E-state index in [1.165, 1.54) is 11.8 Å². The standard InChI is InChI=1S/C9H15N5OS/c1-5(2)9-12-6(10)3-8(13-9)16-4-7(15)14-11/h3,5H,4,11H2,1-2H3,(H,14,15)(H2,10,12,13). The highest BCUT2D eigenvalue weighted by molar-refractivity contribution is 7.99. The first-order chi connectivity index (χ1) is 7.52. The summed E-state index contributed by atoms with van der Waals surface area (Å²) < 4.78 is 0. The number of hydrogen-bond acceptors (Lipinski definition) is 6. The zero-order chi connectivity index (χ0) is 12.1. The van der Waals surface area contributed by atoms with E-state index in [0.717, 1.165) is 0 Å². The largest absolute Gasteiger partial charge is 0.384 e. The van der Waals surface area contributed by atoms with E-state index in [1.54, 1.807) is 6.07 Å². The van der Waals surface area contributed by atoms with Crippen LogP contribution in [0.25, 0.3) is 0 Å². The van der Waals surface area contributed by atoms with Crippen molar-refractivity contribution in [1.82, 2.24) is 15.4 Å². The van der Waals surface area contributed by atoms with Gasteiger partial charge < -0.3 is 5.73 Å². The zero-order valence-corrected chi connectivity index (χ0v) is 10.0. The van der Waals surface area contributed by atoms with Crippen LogP contribution in [0.15, 0.2) is 11.1 Å². The molecule has 1 aromatic rings. The number of rotatable bonds is 4. The lowest BCUT2D eigenvalue weighted by molar-refractivity contribution is -0.118. The van der Waals surface area contributed by atoms with Gasteiger partial charge in [0.2, 0.25) is 5.91 Å². The normalized spacial score (nSPS) is 10.5. The maximum atomic E-state index is 11.0. The van der Waals surface area contributed by atoms with Crippen molar-refractivity contribution in [2.75, 3.05) is 11.5 Å². The van der Waals surface area contributed by atoms with E-state index in [-0.39, 0.29) is 17.6 Å². The van der Waals surface area contributed by atoms with E-state index >= 15 is 0 Å². The molecule has 0 fully saturated rings. The highest BCUT2D eigenvalue weighted by atomic mass is 32.2. The highest BCUT2D eigenvalue weighted by Crippen LogP contribution is 2.19. The Kier molecular flexibility index (Phi) is 4.51. The molecule has 0 bridgehead atoms. The second-order valence-corrected chi connectivity index (χ2v) is 4.50. The molecule has 88 valence electrons. The summed E-state index contributed by atoms with van der Waals surface area (Å²) in [7, 11) is 0. The van der Waals surface area contributed by atoms with Crippen LogP contribution in [-0.4, -0.2) is 21.6 Å². The minimum absolute atomic E-state index is 0.200. The molecule has 16 heavy (non-hydrogen) atoms. The molecular weight excluding hydrogens is 226 g/mol. The molecule has 0 aliphatic heterocycles. The van der Waals surface area contributed by atoms with E-state index < -0.39 is 0 Å². The number of thioether (sulfide) groups is 1. The van der Waals surface area contributed by atoms with Gasteiger partial charge in [-0.1, -0.05) is 25.6 Å². The monoisotopic (exact) mass is 241 g/mol. The second-order valence-electron chi connectivity index (χ2n) is 3.50. The van der Waals surface area contributed by atoms with Crippen LogP contribution in [0.4, 0.5) is 5.82 Å². The molecule has 1 aromatic heterocycles. The number of aromatic nitrogens is 2. The van der Waals surface area contributed by atoms with Crippen molar-refractivity contribution in [3.05, 3.63) is 11.9 Å². The molecule has 6 nitrogen and oxygen atoms in total. The number of carbonyl (C=O) groups excluding carboxylic acids is 1. The van der Waals surface area contributed by atoms with Gasteiger partial charge >= 0.3 is 0 Å². The number of anilines is 1. The van der Waals surface area contributed by atoms with Crippen LogP contribution in [0.2, 0.25) is 0 Å². The molecule has 0 unspecified atom stereocenters. The van der Waals surface area contributed by atoms with E-state index in [0.29, 0.717) is 16.7 Å². The Morgan fingerprint density at radius 3 is 2.81 bits per heavy atom. The van der Waals surface area contributed by atoms with Crippen molar-refractivity contribution in [3.8, 4) is 0 Å². The minimum atomic E-state index is -0.256. The van der Waals surface area contributed by atoms with Crippen LogP contribution in [0.3, 0.4) is 0 Å². The lowest BCUT2D eigenvalue weighted by atomic mass is 10.2. The van der Waals surface area contributed by atoms with Crippen molar-refractivity contribution in [2.24, 2.45) is 5.84 Å². The van der Waals surface area contributed by atoms with Gasteiger partial charge in [-0.25, -0.2) is 15.8 Å². The van der Waals surface area contributed by atoms with Crippen LogP contribution in [-0.2, 0) is 4.79 Å². The molecule has 0 spiro atoms. The van der Waals surface area contributed by atoms with Crippen molar-refractivity contribution < 1.29 is 4.79 Å². The van der Waals surface area contributed by atoms with Crippen LogP contribution in [0, 0.1) is 0 Å². The summed E-state index contributed by atoms with van der Waals surface area (Å²) in [5, 5.41) is 0.680. The predicted molar refractivity (Wildman–Crippen MR) is 63.6 cm³/mol. The van der Waals surface area contributed by atoms with Crippen LogP contribution in [0.1, 0.15) is 25.6 Å². The van der Waals surface area contributed by atoms with Gasteiger partial charge in [0, 0.05) is 12.0 Å². The summed E-state index contributed by atoms with van der Waals surface area (Å²) in [4.78, 5) is 19.4. The van der Waals surface area contributed by atoms with Crippen molar-refractivity contribution in [2.45, 2.75) is 24.8 Å². The molecule has 1 heterocycles. The molecule has 0 atom stereocenters. The smallest absolute Gasteiger partial charge is 0.244 e. The number of hydrazine groups is 1. The van der Waals surface area contributed by atoms with Gasteiger partial charge in [-0.3, -0.25) is 10.2 Å². The Labute approximate surface area is 98.2 Å². The number of nitrogens with two attached hydrogens (primary N) is 2. The fraction of sp³-hybridized carbons (Fsp3) is 0.444. The molecule has 0 radical (unpaired) electrons. The lowest BCUT2D eigenvalue weighted by Gasteiger charge is -2.07. The Balaban J connectivity index is 2.76. The van der Waals surface area contributed by atoms with Crippen LogP contribution >= 0.6 is 11.8 Å². The molecule has 7 heteroatoms. The van der Waals surface area contributed by atoms with Gasteiger partial charge in [0.1, 0.15) is 16.7 Å². The van der Waals surface area contributed by atoms with Crippen molar-refractivity contribution >= 4 is 23.5 Å². The molecule has 0 saturated carbocycles. The summed E-state index contributed by atoms with van der Waals surface area (Å²) in [5.74, 6) is 6.22. The number of nitrogens with zero attached hydrogens (tertiary/aromatic N) is 2. The average Bonchev–Trinajstić information content (AvgIpc) is 2.25. The van der Waals surface area contributed by atoms with Gasteiger partial charge in [0.25, 0.3) is 0 Å². The number of hydrogen-bond donors (Lipinski definition) is 3. The minimum Gasteiger partial charge on any atom is -0.384 e. The quantitative estimate of drug-likeness (QED) is 0.229. The van der Waals surface area contributed by atoms with Crippen LogP contribution in [0.5, 0.6) is 0 Å². The maximum Gasteiger partial charge on any atom is 0.244 e. The predicted octanol–water partition coefficient (Wildman–Crippen LogP) is 0.264. The molecule has 0 aliphatic rings. The number of carbonyl (C=O) groups is 1. The average molecular weight is 241 g/mol. The molecular formula is C9H15N5OS. The molecule has 0 aromatic carbocycles. The molecule has 1 amide bonds. The first-order valence-electron chi connectivity index (χ1n) is 4.79. The summed E-state index contributed by atoms with van der Waals surface area (Å²) in [6.45, 7) is 3.96. The Morgan fingerprint density at radius 2 is 2.25 bits per heavy atom. The Morgan fingerprint density at radius 1 is 1.56 bits per heavy atom. The summed E-state index contributed by atoms with van der Waals surface area (Å²) in [6.07, 6.45) is 0. The van der Waals surface area contributed by atoms with Crippen molar-refractivity contribution in [1.29, 1.82) is 0 Å². The third-order valence-electron chi connectivity index (χ3n) is 1.77.